The molecule has 1 heterocycles. The van der Waals surface area contributed by atoms with Crippen molar-refractivity contribution >= 4 is 17.2 Å². The number of hydrogen-bond donors (Lipinski definition) is 2. The molecule has 2 N–H and O–H groups in total. The molecule has 4 nitrogen and oxygen atoms in total. The first-order valence-corrected chi connectivity index (χ1v) is 5.83. The molecule has 0 aliphatic heterocycles. The lowest BCUT2D eigenvalue weighted by atomic mass is 10.2. The summed E-state index contributed by atoms with van der Waals surface area (Å²) in [5.74, 6) is -0.264. The average molecular weight is 243 g/mol. The van der Waals surface area contributed by atoms with Gasteiger partial charge in [-0.05, 0) is 39.3 Å². The highest BCUT2D eigenvalue weighted by Gasteiger charge is 2.16. The molecule has 0 radical (unpaired) electrons. The molecule has 1 aromatic heterocycles. The van der Waals surface area contributed by atoms with Gasteiger partial charge in [-0.25, -0.2) is 5.48 Å². The SMILES string of the molecule is Cc1cc(C)c(C(=O)NOCC(C)(C)O)s1. The third-order valence-electron chi connectivity index (χ3n) is 1.84. The third kappa shape index (κ3) is 3.92. The minimum absolute atomic E-state index is 0.0577. The van der Waals surface area contributed by atoms with Gasteiger partial charge < -0.3 is 5.11 Å². The van der Waals surface area contributed by atoms with E-state index < -0.39 is 5.60 Å². The molecule has 0 saturated heterocycles. The molecule has 0 aromatic carbocycles. The van der Waals surface area contributed by atoms with Gasteiger partial charge in [-0.3, -0.25) is 9.63 Å². The molecule has 90 valence electrons. The smallest absolute Gasteiger partial charge is 0.285 e. The molecule has 16 heavy (non-hydrogen) atoms. The number of thiophene rings is 1. The monoisotopic (exact) mass is 243 g/mol. The van der Waals surface area contributed by atoms with Gasteiger partial charge >= 0.3 is 0 Å². The molecule has 0 aliphatic carbocycles. The molecule has 0 saturated carbocycles. The van der Waals surface area contributed by atoms with E-state index in [-0.39, 0.29) is 12.5 Å². The third-order valence-corrected chi connectivity index (χ3v) is 2.99. The van der Waals surface area contributed by atoms with Crippen LogP contribution in [0.25, 0.3) is 0 Å². The lowest BCUT2D eigenvalue weighted by molar-refractivity contribution is -0.0521. The van der Waals surface area contributed by atoms with Crippen molar-refractivity contribution in [3.8, 4) is 0 Å². The summed E-state index contributed by atoms with van der Waals surface area (Å²) < 4.78 is 0. The van der Waals surface area contributed by atoms with Gasteiger partial charge in [-0.15, -0.1) is 11.3 Å². The van der Waals surface area contributed by atoms with Crippen LogP contribution in [0.5, 0.6) is 0 Å². The molecule has 1 aromatic rings. The minimum Gasteiger partial charge on any atom is -0.388 e. The van der Waals surface area contributed by atoms with Crippen LogP contribution in [0.2, 0.25) is 0 Å². The molecule has 0 fully saturated rings. The number of aryl methyl sites for hydroxylation is 2. The van der Waals surface area contributed by atoms with Crippen LogP contribution in [-0.4, -0.2) is 23.2 Å². The van der Waals surface area contributed by atoms with Crippen molar-refractivity contribution < 1.29 is 14.7 Å². The van der Waals surface area contributed by atoms with Gasteiger partial charge in [0, 0.05) is 4.88 Å². The summed E-state index contributed by atoms with van der Waals surface area (Å²) in [4.78, 5) is 18.3. The Labute approximate surface area is 99.2 Å². The normalized spacial score (nSPS) is 11.6. The Bertz CT molecular complexity index is 379. The van der Waals surface area contributed by atoms with E-state index in [1.54, 1.807) is 13.8 Å². The van der Waals surface area contributed by atoms with Crippen molar-refractivity contribution in [3.63, 3.8) is 0 Å². The molecule has 0 unspecified atom stereocenters. The maximum Gasteiger partial charge on any atom is 0.285 e. The highest BCUT2D eigenvalue weighted by atomic mass is 32.1. The van der Waals surface area contributed by atoms with Crippen LogP contribution in [-0.2, 0) is 4.84 Å². The first-order chi connectivity index (χ1) is 7.29. The number of hydroxylamine groups is 1. The Kier molecular flexibility index (Phi) is 4.07. The van der Waals surface area contributed by atoms with Crippen LogP contribution in [0.15, 0.2) is 6.07 Å². The molecular weight excluding hydrogens is 226 g/mol. The number of hydrogen-bond acceptors (Lipinski definition) is 4. The van der Waals surface area contributed by atoms with Crippen LogP contribution in [0, 0.1) is 13.8 Å². The largest absolute Gasteiger partial charge is 0.388 e. The molecule has 1 amide bonds. The lowest BCUT2D eigenvalue weighted by Gasteiger charge is -2.16. The number of aliphatic hydroxyl groups is 1. The summed E-state index contributed by atoms with van der Waals surface area (Å²) in [6.45, 7) is 7.11. The number of rotatable bonds is 4. The predicted molar refractivity (Wildman–Crippen MR) is 63.5 cm³/mol. The van der Waals surface area contributed by atoms with E-state index in [4.69, 9.17) is 4.84 Å². The van der Waals surface area contributed by atoms with Crippen molar-refractivity contribution in [3.05, 3.63) is 21.4 Å². The molecule has 0 atom stereocenters. The summed E-state index contributed by atoms with van der Waals surface area (Å²) in [6, 6.07) is 1.95. The van der Waals surface area contributed by atoms with Gasteiger partial charge in [-0.2, -0.15) is 0 Å². The zero-order valence-corrected chi connectivity index (χ0v) is 10.8. The molecule has 0 bridgehead atoms. The van der Waals surface area contributed by atoms with E-state index in [0.29, 0.717) is 4.88 Å². The predicted octanol–water partition coefficient (Wildman–Crippen LogP) is 1.80. The zero-order valence-electron chi connectivity index (χ0n) is 9.96. The van der Waals surface area contributed by atoms with Crippen molar-refractivity contribution in [1.82, 2.24) is 5.48 Å². The summed E-state index contributed by atoms with van der Waals surface area (Å²) in [5, 5.41) is 9.39. The maximum absolute atomic E-state index is 11.7. The molecular formula is C11H17NO3S. The number of nitrogens with one attached hydrogen (secondary N) is 1. The maximum atomic E-state index is 11.7. The van der Waals surface area contributed by atoms with Gasteiger partial charge in [-0.1, -0.05) is 0 Å². The van der Waals surface area contributed by atoms with E-state index >= 15 is 0 Å². The van der Waals surface area contributed by atoms with Crippen molar-refractivity contribution in [2.45, 2.75) is 33.3 Å². The van der Waals surface area contributed by atoms with Gasteiger partial charge in [0.2, 0.25) is 0 Å². The van der Waals surface area contributed by atoms with Gasteiger partial charge in [0.05, 0.1) is 10.5 Å². The quantitative estimate of drug-likeness (QED) is 0.793. The fraction of sp³-hybridized carbons (Fsp3) is 0.545. The Morgan fingerprint density at radius 1 is 1.56 bits per heavy atom. The van der Waals surface area contributed by atoms with Crippen LogP contribution in [0.4, 0.5) is 0 Å². The van der Waals surface area contributed by atoms with E-state index in [0.717, 1.165) is 10.4 Å². The topological polar surface area (TPSA) is 58.6 Å². The zero-order chi connectivity index (χ0) is 12.3. The van der Waals surface area contributed by atoms with E-state index in [9.17, 15) is 9.90 Å². The Balaban J connectivity index is 2.51. The second kappa shape index (κ2) is 4.95. The second-order valence-electron chi connectivity index (χ2n) is 4.40. The van der Waals surface area contributed by atoms with Crippen LogP contribution in [0.3, 0.4) is 0 Å². The van der Waals surface area contributed by atoms with Crippen molar-refractivity contribution in [1.29, 1.82) is 0 Å². The van der Waals surface area contributed by atoms with Crippen molar-refractivity contribution in [2.24, 2.45) is 0 Å². The van der Waals surface area contributed by atoms with E-state index in [1.807, 2.05) is 19.9 Å². The number of amides is 1. The molecule has 1 rings (SSSR count). The Morgan fingerprint density at radius 3 is 2.62 bits per heavy atom. The molecule has 5 heteroatoms. The number of carbonyl (C=O) groups excluding carboxylic acids is 1. The number of carbonyl (C=O) groups is 1. The average Bonchev–Trinajstić information content (AvgIpc) is 2.43. The van der Waals surface area contributed by atoms with Crippen LogP contribution in [0.1, 0.15) is 34.0 Å². The highest BCUT2D eigenvalue weighted by molar-refractivity contribution is 7.14. The summed E-state index contributed by atoms with van der Waals surface area (Å²) in [5.41, 5.74) is 2.31. The van der Waals surface area contributed by atoms with Crippen molar-refractivity contribution in [2.75, 3.05) is 6.61 Å². The van der Waals surface area contributed by atoms with Crippen LogP contribution < -0.4 is 5.48 Å². The standard InChI is InChI=1S/C11H17NO3S/c1-7-5-8(2)16-9(7)10(13)12-15-6-11(3,4)14/h5,14H,6H2,1-4H3,(H,12,13). The fourth-order valence-electron chi connectivity index (χ4n) is 1.19. The minimum atomic E-state index is -0.951. The van der Waals surface area contributed by atoms with Crippen LogP contribution >= 0.6 is 11.3 Å². The summed E-state index contributed by atoms with van der Waals surface area (Å²) >= 11 is 1.43. The summed E-state index contributed by atoms with van der Waals surface area (Å²) in [7, 11) is 0. The summed E-state index contributed by atoms with van der Waals surface area (Å²) in [6.07, 6.45) is 0. The highest BCUT2D eigenvalue weighted by Crippen LogP contribution is 2.20. The van der Waals surface area contributed by atoms with E-state index in [1.165, 1.54) is 11.3 Å². The van der Waals surface area contributed by atoms with E-state index in [2.05, 4.69) is 5.48 Å². The molecule has 0 aliphatic rings. The lowest BCUT2D eigenvalue weighted by Crippen LogP contribution is -2.33. The van der Waals surface area contributed by atoms with Gasteiger partial charge in [0.15, 0.2) is 0 Å². The Hall–Kier alpha value is -0.910. The first kappa shape index (κ1) is 13.2. The van der Waals surface area contributed by atoms with Gasteiger partial charge in [0.1, 0.15) is 6.61 Å². The Morgan fingerprint density at radius 2 is 2.19 bits per heavy atom. The second-order valence-corrected chi connectivity index (χ2v) is 5.66. The fourth-order valence-corrected chi connectivity index (χ4v) is 2.10. The molecule has 0 spiro atoms. The first-order valence-electron chi connectivity index (χ1n) is 5.01. The van der Waals surface area contributed by atoms with Gasteiger partial charge in [0.25, 0.3) is 5.91 Å².